The van der Waals surface area contributed by atoms with Gasteiger partial charge in [-0.25, -0.2) is 4.39 Å². The number of nitrogens with one attached hydrogen (secondary N) is 1. The highest BCUT2D eigenvalue weighted by Crippen LogP contribution is 2.28. The van der Waals surface area contributed by atoms with Gasteiger partial charge in [0.1, 0.15) is 5.82 Å². The molecule has 3 heterocycles. The Morgan fingerprint density at radius 3 is 2.75 bits per heavy atom. The van der Waals surface area contributed by atoms with Gasteiger partial charge in [-0.15, -0.1) is 11.3 Å². The first-order chi connectivity index (χ1) is 13.7. The van der Waals surface area contributed by atoms with E-state index in [1.54, 1.807) is 29.5 Å². The predicted molar refractivity (Wildman–Crippen MR) is 106 cm³/mol. The molecule has 1 amide bonds. The molecule has 0 bridgehead atoms. The quantitative estimate of drug-likeness (QED) is 0.675. The molecule has 146 valence electrons. The molecule has 0 unspecified atom stereocenters. The lowest BCUT2D eigenvalue weighted by molar-refractivity contribution is 0.0913. The van der Waals surface area contributed by atoms with Gasteiger partial charge in [-0.1, -0.05) is 23.4 Å². The molecule has 1 fully saturated rings. The molecule has 0 aliphatic carbocycles. The van der Waals surface area contributed by atoms with Crippen LogP contribution in [0.5, 0.6) is 0 Å². The molecule has 0 spiro atoms. The molecule has 0 saturated carbocycles. The van der Waals surface area contributed by atoms with E-state index in [9.17, 15) is 9.18 Å². The molecule has 0 atom stereocenters. The van der Waals surface area contributed by atoms with Gasteiger partial charge < -0.3 is 9.84 Å². The average Bonchev–Trinajstić information content (AvgIpc) is 3.40. The van der Waals surface area contributed by atoms with Crippen molar-refractivity contribution >= 4 is 17.2 Å². The Labute approximate surface area is 167 Å². The Morgan fingerprint density at radius 1 is 1.25 bits per heavy atom. The summed E-state index contributed by atoms with van der Waals surface area (Å²) in [7, 11) is 0. The SMILES string of the molecule is O=C(NCc1ccc(F)cc1)c1cc(C2CCN(Cc3cccs3)CC2)no1. The summed E-state index contributed by atoms with van der Waals surface area (Å²) in [4.78, 5) is 16.1. The number of amides is 1. The van der Waals surface area contributed by atoms with Crippen LogP contribution in [-0.4, -0.2) is 29.1 Å². The molecule has 1 aromatic carbocycles. The molecule has 2 aromatic heterocycles. The fourth-order valence-electron chi connectivity index (χ4n) is 3.47. The normalized spacial score (nSPS) is 15.6. The number of piperidine rings is 1. The first kappa shape index (κ1) is 18.8. The highest BCUT2D eigenvalue weighted by atomic mass is 32.1. The summed E-state index contributed by atoms with van der Waals surface area (Å²) in [6.45, 7) is 3.35. The highest BCUT2D eigenvalue weighted by Gasteiger charge is 2.24. The van der Waals surface area contributed by atoms with E-state index in [2.05, 4.69) is 32.9 Å². The number of rotatable bonds is 6. The average molecular weight is 399 g/mol. The van der Waals surface area contributed by atoms with E-state index in [1.807, 2.05) is 0 Å². The minimum absolute atomic E-state index is 0.220. The van der Waals surface area contributed by atoms with Gasteiger partial charge in [0, 0.05) is 30.0 Å². The maximum absolute atomic E-state index is 12.9. The first-order valence-electron chi connectivity index (χ1n) is 9.41. The maximum Gasteiger partial charge on any atom is 0.290 e. The smallest absolute Gasteiger partial charge is 0.290 e. The molecule has 1 saturated heterocycles. The van der Waals surface area contributed by atoms with Crippen molar-refractivity contribution in [1.29, 1.82) is 0 Å². The molecule has 1 aliphatic rings. The summed E-state index contributed by atoms with van der Waals surface area (Å²) < 4.78 is 18.2. The lowest BCUT2D eigenvalue weighted by atomic mass is 9.93. The van der Waals surface area contributed by atoms with E-state index in [1.165, 1.54) is 17.0 Å². The number of likely N-dealkylation sites (tertiary alicyclic amines) is 1. The van der Waals surface area contributed by atoms with Crippen LogP contribution in [0.3, 0.4) is 0 Å². The third-order valence-electron chi connectivity index (χ3n) is 5.08. The topological polar surface area (TPSA) is 58.4 Å². The summed E-state index contributed by atoms with van der Waals surface area (Å²) in [5, 5.41) is 9.02. The van der Waals surface area contributed by atoms with Gasteiger partial charge in [0.2, 0.25) is 5.76 Å². The number of carbonyl (C=O) groups is 1. The fourth-order valence-corrected chi connectivity index (χ4v) is 4.22. The molecule has 0 radical (unpaired) electrons. The van der Waals surface area contributed by atoms with Gasteiger partial charge >= 0.3 is 0 Å². The van der Waals surface area contributed by atoms with Gasteiger partial charge in [0.05, 0.1) is 5.69 Å². The van der Waals surface area contributed by atoms with Crippen molar-refractivity contribution in [3.63, 3.8) is 0 Å². The molecule has 4 rings (SSSR count). The summed E-state index contributed by atoms with van der Waals surface area (Å²) in [5.74, 6) is -0.0605. The minimum atomic E-state index is -0.307. The number of hydrogen-bond donors (Lipinski definition) is 1. The first-order valence-corrected chi connectivity index (χ1v) is 10.3. The van der Waals surface area contributed by atoms with Crippen LogP contribution in [0, 0.1) is 5.82 Å². The molecule has 28 heavy (non-hydrogen) atoms. The van der Waals surface area contributed by atoms with Crippen molar-refractivity contribution in [2.24, 2.45) is 0 Å². The summed E-state index contributed by atoms with van der Waals surface area (Å²) >= 11 is 1.79. The van der Waals surface area contributed by atoms with Crippen LogP contribution >= 0.6 is 11.3 Å². The zero-order valence-corrected chi connectivity index (χ0v) is 16.3. The van der Waals surface area contributed by atoms with E-state index in [4.69, 9.17) is 4.52 Å². The maximum atomic E-state index is 12.9. The number of carbonyl (C=O) groups excluding carboxylic acids is 1. The Kier molecular flexibility index (Phi) is 5.83. The standard InChI is InChI=1S/C21H22FN3O2S/c22-17-5-3-15(4-6-17)13-23-21(26)20-12-19(24-27-20)16-7-9-25(10-8-16)14-18-2-1-11-28-18/h1-6,11-12,16H,7-10,13-14H2,(H,23,26). The van der Waals surface area contributed by atoms with Crippen LogP contribution in [0.15, 0.2) is 52.4 Å². The largest absolute Gasteiger partial charge is 0.351 e. The highest BCUT2D eigenvalue weighted by molar-refractivity contribution is 7.09. The van der Waals surface area contributed by atoms with Crippen LogP contribution in [0.1, 0.15) is 45.4 Å². The summed E-state index contributed by atoms with van der Waals surface area (Å²) in [5.41, 5.74) is 1.68. The second-order valence-electron chi connectivity index (χ2n) is 7.05. The molecular formula is C21H22FN3O2S. The van der Waals surface area contributed by atoms with Crippen molar-refractivity contribution in [1.82, 2.24) is 15.4 Å². The third-order valence-corrected chi connectivity index (χ3v) is 5.95. The van der Waals surface area contributed by atoms with Crippen LogP contribution in [0.4, 0.5) is 4.39 Å². The van der Waals surface area contributed by atoms with Gasteiger partial charge in [-0.3, -0.25) is 9.69 Å². The summed E-state index contributed by atoms with van der Waals surface area (Å²) in [6, 6.07) is 12.0. The fraction of sp³-hybridized carbons (Fsp3) is 0.333. The van der Waals surface area contributed by atoms with E-state index in [0.717, 1.165) is 43.7 Å². The Morgan fingerprint density at radius 2 is 2.04 bits per heavy atom. The van der Waals surface area contributed by atoms with E-state index in [-0.39, 0.29) is 17.5 Å². The predicted octanol–water partition coefficient (Wildman–Crippen LogP) is 4.18. The van der Waals surface area contributed by atoms with Crippen LogP contribution < -0.4 is 5.32 Å². The lowest BCUT2D eigenvalue weighted by Gasteiger charge is -2.30. The van der Waals surface area contributed by atoms with Gasteiger partial charge in [-0.05, 0) is 55.1 Å². The van der Waals surface area contributed by atoms with E-state index < -0.39 is 0 Å². The Bertz CT molecular complexity index is 900. The lowest BCUT2D eigenvalue weighted by Crippen LogP contribution is -2.32. The van der Waals surface area contributed by atoms with Gasteiger partial charge in [-0.2, -0.15) is 0 Å². The van der Waals surface area contributed by atoms with E-state index in [0.29, 0.717) is 12.5 Å². The molecule has 3 aromatic rings. The van der Waals surface area contributed by atoms with Gasteiger partial charge in [0.15, 0.2) is 0 Å². The number of benzene rings is 1. The molecular weight excluding hydrogens is 377 g/mol. The Balaban J connectivity index is 1.28. The monoisotopic (exact) mass is 399 g/mol. The van der Waals surface area contributed by atoms with Gasteiger partial charge in [0.25, 0.3) is 5.91 Å². The second-order valence-corrected chi connectivity index (χ2v) is 8.09. The molecule has 5 nitrogen and oxygen atoms in total. The number of halogens is 1. The summed E-state index contributed by atoms with van der Waals surface area (Å²) in [6.07, 6.45) is 2.02. The van der Waals surface area contributed by atoms with E-state index >= 15 is 0 Å². The van der Waals surface area contributed by atoms with Crippen LogP contribution in [0.2, 0.25) is 0 Å². The minimum Gasteiger partial charge on any atom is -0.351 e. The van der Waals surface area contributed by atoms with Crippen LogP contribution in [-0.2, 0) is 13.1 Å². The Hall–Kier alpha value is -2.51. The number of aromatic nitrogens is 1. The molecule has 1 N–H and O–H groups in total. The number of nitrogens with zero attached hydrogens (tertiary/aromatic N) is 2. The van der Waals surface area contributed by atoms with Crippen molar-refractivity contribution < 1.29 is 13.7 Å². The van der Waals surface area contributed by atoms with Crippen molar-refractivity contribution in [3.8, 4) is 0 Å². The molecule has 1 aliphatic heterocycles. The zero-order chi connectivity index (χ0) is 19.3. The number of hydrogen-bond acceptors (Lipinski definition) is 5. The van der Waals surface area contributed by atoms with Crippen molar-refractivity contribution in [3.05, 3.63) is 75.6 Å². The zero-order valence-electron chi connectivity index (χ0n) is 15.4. The second kappa shape index (κ2) is 8.67. The van der Waals surface area contributed by atoms with Crippen LogP contribution in [0.25, 0.3) is 0 Å². The third kappa shape index (κ3) is 4.66. The van der Waals surface area contributed by atoms with Crippen molar-refractivity contribution in [2.45, 2.75) is 31.8 Å². The van der Waals surface area contributed by atoms with Crippen molar-refractivity contribution in [2.75, 3.05) is 13.1 Å². The number of thiophene rings is 1. The molecule has 7 heteroatoms.